The molecule has 190 valence electrons. The molecule has 1 aliphatic rings. The molecule has 7 nitrogen and oxygen atoms in total. The Morgan fingerprint density at radius 1 is 1.03 bits per heavy atom. The SMILES string of the molecule is COc1ccc(OCC(F)(F)F)c(C(=O)N2CCCN(CC(=O)Nc3ccc(F)cc3F)CC2)c1. The first kappa shape index (κ1) is 26.2. The third-order valence-electron chi connectivity index (χ3n) is 5.26. The third-order valence-corrected chi connectivity index (χ3v) is 5.26. The lowest BCUT2D eigenvalue weighted by Crippen LogP contribution is -2.38. The Hall–Kier alpha value is -3.41. The van der Waals surface area contributed by atoms with E-state index in [0.29, 0.717) is 32.1 Å². The van der Waals surface area contributed by atoms with Crippen molar-refractivity contribution in [3.63, 3.8) is 0 Å². The number of carbonyl (C=O) groups excluding carboxylic acids is 2. The first-order valence-corrected chi connectivity index (χ1v) is 10.7. The predicted molar refractivity (Wildman–Crippen MR) is 116 cm³/mol. The number of alkyl halides is 3. The quantitative estimate of drug-likeness (QED) is 0.586. The topological polar surface area (TPSA) is 71.1 Å². The third kappa shape index (κ3) is 7.54. The van der Waals surface area contributed by atoms with Crippen LogP contribution in [0.2, 0.25) is 0 Å². The van der Waals surface area contributed by atoms with Crippen LogP contribution in [0.25, 0.3) is 0 Å². The Balaban J connectivity index is 1.63. The second kappa shape index (κ2) is 11.3. The van der Waals surface area contributed by atoms with E-state index in [4.69, 9.17) is 9.47 Å². The molecular formula is C23H24F5N3O4. The normalized spacial score (nSPS) is 14.9. The van der Waals surface area contributed by atoms with Crippen molar-refractivity contribution in [1.29, 1.82) is 0 Å². The van der Waals surface area contributed by atoms with Crippen LogP contribution in [-0.2, 0) is 4.79 Å². The monoisotopic (exact) mass is 501 g/mol. The number of carbonyl (C=O) groups is 2. The molecule has 2 amide bonds. The highest BCUT2D eigenvalue weighted by atomic mass is 19.4. The van der Waals surface area contributed by atoms with Gasteiger partial charge >= 0.3 is 6.18 Å². The number of hydrogen-bond acceptors (Lipinski definition) is 5. The molecule has 0 aliphatic carbocycles. The number of anilines is 1. The van der Waals surface area contributed by atoms with E-state index in [1.54, 1.807) is 4.90 Å². The smallest absolute Gasteiger partial charge is 0.422 e. The number of ether oxygens (including phenoxy) is 2. The van der Waals surface area contributed by atoms with E-state index in [1.807, 2.05) is 0 Å². The average molecular weight is 501 g/mol. The Kier molecular flexibility index (Phi) is 8.49. The minimum atomic E-state index is -4.57. The average Bonchev–Trinajstić information content (AvgIpc) is 3.04. The van der Waals surface area contributed by atoms with Gasteiger partial charge in [0.05, 0.1) is 24.9 Å². The zero-order valence-electron chi connectivity index (χ0n) is 18.8. The minimum Gasteiger partial charge on any atom is -0.497 e. The molecular weight excluding hydrogens is 477 g/mol. The maximum absolute atomic E-state index is 13.8. The summed E-state index contributed by atoms with van der Waals surface area (Å²) in [5.41, 5.74) is -0.209. The van der Waals surface area contributed by atoms with Crippen LogP contribution in [0.4, 0.5) is 27.6 Å². The minimum absolute atomic E-state index is 0.0634. The van der Waals surface area contributed by atoms with Gasteiger partial charge in [0.2, 0.25) is 5.91 Å². The van der Waals surface area contributed by atoms with Gasteiger partial charge in [-0.15, -0.1) is 0 Å². The number of methoxy groups -OCH3 is 1. The van der Waals surface area contributed by atoms with E-state index in [2.05, 4.69) is 5.32 Å². The number of nitrogens with zero attached hydrogens (tertiary/aromatic N) is 2. The molecule has 2 aromatic carbocycles. The van der Waals surface area contributed by atoms with Gasteiger partial charge in [-0.1, -0.05) is 0 Å². The van der Waals surface area contributed by atoms with Crippen molar-refractivity contribution in [1.82, 2.24) is 9.80 Å². The summed E-state index contributed by atoms with van der Waals surface area (Å²) in [6, 6.07) is 6.78. The molecule has 0 atom stereocenters. The summed E-state index contributed by atoms with van der Waals surface area (Å²) < 4.78 is 74.6. The summed E-state index contributed by atoms with van der Waals surface area (Å²) in [7, 11) is 1.37. The summed E-state index contributed by atoms with van der Waals surface area (Å²) in [5.74, 6) is -2.62. The highest BCUT2D eigenvalue weighted by molar-refractivity contribution is 5.97. The molecule has 1 N–H and O–H groups in total. The molecule has 2 aromatic rings. The lowest BCUT2D eigenvalue weighted by atomic mass is 10.1. The van der Waals surface area contributed by atoms with Gasteiger partial charge in [-0.3, -0.25) is 14.5 Å². The van der Waals surface area contributed by atoms with Gasteiger partial charge in [-0.05, 0) is 36.8 Å². The second-order valence-electron chi connectivity index (χ2n) is 7.86. The first-order valence-electron chi connectivity index (χ1n) is 10.7. The molecule has 12 heteroatoms. The van der Waals surface area contributed by atoms with Crippen LogP contribution in [0.3, 0.4) is 0 Å². The molecule has 1 heterocycles. The molecule has 0 unspecified atom stereocenters. The van der Waals surface area contributed by atoms with Gasteiger partial charge in [-0.25, -0.2) is 8.78 Å². The molecule has 0 radical (unpaired) electrons. The molecule has 0 spiro atoms. The van der Waals surface area contributed by atoms with Gasteiger partial charge in [0.25, 0.3) is 5.91 Å². The second-order valence-corrected chi connectivity index (χ2v) is 7.86. The fourth-order valence-electron chi connectivity index (χ4n) is 3.57. The van der Waals surface area contributed by atoms with Crippen LogP contribution in [0.15, 0.2) is 36.4 Å². The zero-order chi connectivity index (χ0) is 25.6. The Morgan fingerprint density at radius 3 is 2.49 bits per heavy atom. The lowest BCUT2D eigenvalue weighted by Gasteiger charge is -2.23. The van der Waals surface area contributed by atoms with Gasteiger partial charge in [0.1, 0.15) is 23.1 Å². The van der Waals surface area contributed by atoms with E-state index in [0.717, 1.165) is 12.1 Å². The van der Waals surface area contributed by atoms with Crippen molar-refractivity contribution in [3.05, 3.63) is 53.6 Å². The van der Waals surface area contributed by atoms with Gasteiger partial charge in [-0.2, -0.15) is 13.2 Å². The van der Waals surface area contributed by atoms with Crippen LogP contribution in [-0.4, -0.2) is 74.2 Å². The largest absolute Gasteiger partial charge is 0.497 e. The van der Waals surface area contributed by atoms with E-state index < -0.39 is 36.2 Å². The van der Waals surface area contributed by atoms with E-state index in [9.17, 15) is 31.5 Å². The van der Waals surface area contributed by atoms with E-state index in [1.165, 1.54) is 30.2 Å². The maximum atomic E-state index is 13.8. The molecule has 1 aliphatic heterocycles. The standard InChI is InChI=1S/C23H24F5N3O4/c1-34-16-4-6-20(35-14-23(26,27)28)17(12-16)22(33)31-8-2-7-30(9-10-31)13-21(32)29-19-5-3-15(24)11-18(19)25/h3-6,11-12H,2,7-10,13-14H2,1H3,(H,29,32). The summed E-state index contributed by atoms with van der Waals surface area (Å²) >= 11 is 0. The van der Waals surface area contributed by atoms with Crippen molar-refractivity contribution in [2.45, 2.75) is 12.6 Å². The molecule has 1 saturated heterocycles. The van der Waals surface area contributed by atoms with Crippen molar-refractivity contribution < 1.29 is 41.0 Å². The first-order chi connectivity index (χ1) is 16.6. The highest BCUT2D eigenvalue weighted by Crippen LogP contribution is 2.28. The highest BCUT2D eigenvalue weighted by Gasteiger charge is 2.30. The predicted octanol–water partition coefficient (Wildman–Crippen LogP) is 3.70. The van der Waals surface area contributed by atoms with Crippen molar-refractivity contribution in [2.24, 2.45) is 0 Å². The Labute approximate surface area is 198 Å². The van der Waals surface area contributed by atoms with Crippen LogP contribution in [0.1, 0.15) is 16.8 Å². The van der Waals surface area contributed by atoms with Gasteiger partial charge in [0, 0.05) is 32.2 Å². The summed E-state index contributed by atoms with van der Waals surface area (Å²) in [6.45, 7) is -0.367. The molecule has 0 aromatic heterocycles. The van der Waals surface area contributed by atoms with Crippen molar-refractivity contribution >= 4 is 17.5 Å². The number of hydrogen-bond donors (Lipinski definition) is 1. The number of benzene rings is 2. The van der Waals surface area contributed by atoms with Gasteiger partial charge in [0.15, 0.2) is 6.61 Å². The van der Waals surface area contributed by atoms with Crippen molar-refractivity contribution in [2.75, 3.05) is 51.8 Å². The fraction of sp³-hybridized carbons (Fsp3) is 0.391. The summed E-state index contributed by atoms with van der Waals surface area (Å²) in [4.78, 5) is 28.7. The lowest BCUT2D eigenvalue weighted by molar-refractivity contribution is -0.153. The number of rotatable bonds is 7. The molecule has 0 bridgehead atoms. The number of nitrogens with one attached hydrogen (secondary N) is 1. The Morgan fingerprint density at radius 2 is 1.80 bits per heavy atom. The molecule has 3 rings (SSSR count). The van der Waals surface area contributed by atoms with Crippen LogP contribution < -0.4 is 14.8 Å². The number of amides is 2. The summed E-state index contributed by atoms with van der Waals surface area (Å²) in [5, 5.41) is 2.39. The zero-order valence-corrected chi connectivity index (χ0v) is 18.8. The maximum Gasteiger partial charge on any atom is 0.422 e. The van der Waals surface area contributed by atoms with Gasteiger partial charge < -0.3 is 19.7 Å². The fourth-order valence-corrected chi connectivity index (χ4v) is 3.57. The number of halogens is 5. The van der Waals surface area contributed by atoms with Crippen LogP contribution >= 0.6 is 0 Å². The van der Waals surface area contributed by atoms with Crippen molar-refractivity contribution in [3.8, 4) is 11.5 Å². The van der Waals surface area contributed by atoms with Crippen LogP contribution in [0, 0.1) is 11.6 Å². The van der Waals surface area contributed by atoms with E-state index in [-0.39, 0.29) is 35.8 Å². The van der Waals surface area contributed by atoms with E-state index >= 15 is 0 Å². The molecule has 0 saturated carbocycles. The Bertz CT molecular complexity index is 1060. The summed E-state index contributed by atoms with van der Waals surface area (Å²) in [6.07, 6.45) is -4.08. The molecule has 35 heavy (non-hydrogen) atoms. The van der Waals surface area contributed by atoms with Crippen LogP contribution in [0.5, 0.6) is 11.5 Å². The molecule has 1 fully saturated rings.